The van der Waals surface area contributed by atoms with Gasteiger partial charge in [-0.1, -0.05) is 27.2 Å². The van der Waals surface area contributed by atoms with Gasteiger partial charge in [-0.3, -0.25) is 4.90 Å². The average molecular weight is 228 g/mol. The third kappa shape index (κ3) is 3.19. The van der Waals surface area contributed by atoms with Crippen LogP contribution in [-0.2, 0) is 0 Å². The Labute approximate surface area is 100 Å². The van der Waals surface area contributed by atoms with Crippen LogP contribution in [-0.4, -0.2) is 42.3 Å². The van der Waals surface area contributed by atoms with Gasteiger partial charge < -0.3 is 10.8 Å². The van der Waals surface area contributed by atoms with Crippen LogP contribution in [0.15, 0.2) is 0 Å². The third-order valence-corrected chi connectivity index (χ3v) is 4.12. The molecule has 3 unspecified atom stereocenters. The summed E-state index contributed by atoms with van der Waals surface area (Å²) in [5.41, 5.74) is 6.12. The summed E-state index contributed by atoms with van der Waals surface area (Å²) in [7, 11) is 0. The smallest absolute Gasteiger partial charge is 0.0589 e. The molecule has 3 atom stereocenters. The quantitative estimate of drug-likeness (QED) is 0.723. The van der Waals surface area contributed by atoms with Gasteiger partial charge in [0.1, 0.15) is 0 Å². The summed E-state index contributed by atoms with van der Waals surface area (Å²) in [6.45, 7) is 9.90. The Morgan fingerprint density at radius 1 is 1.50 bits per heavy atom. The molecule has 0 amide bonds. The second-order valence-corrected chi connectivity index (χ2v) is 5.75. The molecule has 3 N–H and O–H groups in total. The van der Waals surface area contributed by atoms with Crippen LogP contribution in [0.25, 0.3) is 0 Å². The first-order chi connectivity index (χ1) is 7.56. The summed E-state index contributed by atoms with van der Waals surface area (Å²) >= 11 is 0. The maximum Gasteiger partial charge on any atom is 0.0589 e. The molecular weight excluding hydrogens is 200 g/mol. The number of likely N-dealkylation sites (tertiary alicyclic amines) is 1. The van der Waals surface area contributed by atoms with Crippen molar-refractivity contribution in [2.45, 2.75) is 46.1 Å². The van der Waals surface area contributed by atoms with E-state index in [-0.39, 0.29) is 12.0 Å². The van der Waals surface area contributed by atoms with Crippen molar-refractivity contribution in [2.24, 2.45) is 17.1 Å². The Morgan fingerprint density at radius 3 is 2.69 bits per heavy atom. The second-order valence-electron chi connectivity index (χ2n) is 5.75. The molecule has 1 heterocycles. The number of aliphatic hydroxyl groups is 1. The Morgan fingerprint density at radius 2 is 2.19 bits per heavy atom. The van der Waals surface area contributed by atoms with Gasteiger partial charge in [0.05, 0.1) is 6.61 Å². The molecule has 3 heteroatoms. The number of rotatable bonds is 6. The predicted octanol–water partition coefficient (Wildman–Crippen LogP) is 1.45. The van der Waals surface area contributed by atoms with Crippen LogP contribution in [0.3, 0.4) is 0 Å². The van der Waals surface area contributed by atoms with Crippen LogP contribution < -0.4 is 5.73 Å². The molecule has 1 fully saturated rings. The van der Waals surface area contributed by atoms with Crippen LogP contribution in [0, 0.1) is 11.3 Å². The molecule has 1 rings (SSSR count). The van der Waals surface area contributed by atoms with Crippen molar-refractivity contribution in [2.75, 3.05) is 26.2 Å². The van der Waals surface area contributed by atoms with Gasteiger partial charge in [0, 0.05) is 12.6 Å². The van der Waals surface area contributed by atoms with E-state index in [4.69, 9.17) is 5.73 Å². The fourth-order valence-corrected chi connectivity index (χ4v) is 2.92. The number of hydrogen-bond donors (Lipinski definition) is 2. The molecule has 0 bridgehead atoms. The first kappa shape index (κ1) is 13.9. The molecule has 0 aromatic heterocycles. The molecule has 0 spiro atoms. The van der Waals surface area contributed by atoms with Crippen molar-refractivity contribution >= 4 is 0 Å². The highest BCUT2D eigenvalue weighted by Gasteiger charge is 2.34. The SMILES string of the molecule is CCCC(C)(CN)CN1CCC(C)C1CO. The molecule has 0 aromatic rings. The Kier molecular flexibility index (Phi) is 5.22. The summed E-state index contributed by atoms with van der Waals surface area (Å²) < 4.78 is 0. The standard InChI is InChI=1S/C13H28N2O/c1-4-6-13(3,9-14)10-15-7-5-11(2)12(15)8-16/h11-12,16H,4-10,14H2,1-3H3. The molecule has 0 aromatic carbocycles. The van der Waals surface area contributed by atoms with Gasteiger partial charge in [0.2, 0.25) is 0 Å². The third-order valence-electron chi connectivity index (χ3n) is 4.12. The molecule has 96 valence electrons. The summed E-state index contributed by atoms with van der Waals surface area (Å²) in [5, 5.41) is 9.43. The first-order valence-electron chi connectivity index (χ1n) is 6.61. The molecule has 1 aliphatic rings. The van der Waals surface area contributed by atoms with E-state index in [9.17, 15) is 5.11 Å². The maximum absolute atomic E-state index is 9.43. The van der Waals surface area contributed by atoms with Crippen molar-refractivity contribution in [1.82, 2.24) is 4.90 Å². The average Bonchev–Trinajstić information content (AvgIpc) is 2.59. The minimum absolute atomic E-state index is 0.215. The normalized spacial score (nSPS) is 30.6. The lowest BCUT2D eigenvalue weighted by molar-refractivity contribution is 0.0948. The monoisotopic (exact) mass is 228 g/mol. The zero-order chi connectivity index (χ0) is 12.2. The molecule has 0 aliphatic carbocycles. The van der Waals surface area contributed by atoms with E-state index in [1.807, 2.05) is 0 Å². The van der Waals surface area contributed by atoms with Crippen molar-refractivity contribution in [3.8, 4) is 0 Å². The number of hydrogen-bond acceptors (Lipinski definition) is 3. The lowest BCUT2D eigenvalue weighted by atomic mass is 9.85. The van der Waals surface area contributed by atoms with Gasteiger partial charge >= 0.3 is 0 Å². The summed E-state index contributed by atoms with van der Waals surface area (Å²) in [5.74, 6) is 0.619. The van der Waals surface area contributed by atoms with Crippen molar-refractivity contribution < 1.29 is 5.11 Å². The van der Waals surface area contributed by atoms with Crippen LogP contribution >= 0.6 is 0 Å². The molecule has 1 saturated heterocycles. The van der Waals surface area contributed by atoms with Gasteiger partial charge in [-0.2, -0.15) is 0 Å². The van der Waals surface area contributed by atoms with E-state index < -0.39 is 0 Å². The molecule has 0 radical (unpaired) electrons. The van der Waals surface area contributed by atoms with Crippen LogP contribution in [0.5, 0.6) is 0 Å². The molecule has 16 heavy (non-hydrogen) atoms. The van der Waals surface area contributed by atoms with Gasteiger partial charge in [-0.05, 0) is 37.3 Å². The Balaban J connectivity index is 2.58. The van der Waals surface area contributed by atoms with Gasteiger partial charge in [-0.25, -0.2) is 0 Å². The van der Waals surface area contributed by atoms with Crippen LogP contribution in [0.2, 0.25) is 0 Å². The topological polar surface area (TPSA) is 49.5 Å². The zero-order valence-electron chi connectivity index (χ0n) is 11.1. The van der Waals surface area contributed by atoms with Gasteiger partial charge in [0.25, 0.3) is 0 Å². The van der Waals surface area contributed by atoms with E-state index in [2.05, 4.69) is 25.7 Å². The summed E-state index contributed by atoms with van der Waals surface area (Å²) in [4.78, 5) is 2.44. The highest BCUT2D eigenvalue weighted by molar-refractivity contribution is 4.89. The second kappa shape index (κ2) is 5.99. The van der Waals surface area contributed by atoms with Crippen molar-refractivity contribution in [3.05, 3.63) is 0 Å². The fraction of sp³-hybridized carbons (Fsp3) is 1.00. The van der Waals surface area contributed by atoms with E-state index in [0.717, 1.165) is 19.6 Å². The minimum atomic E-state index is 0.215. The van der Waals surface area contributed by atoms with Crippen molar-refractivity contribution in [1.29, 1.82) is 0 Å². The Hall–Kier alpha value is -0.120. The van der Waals surface area contributed by atoms with E-state index >= 15 is 0 Å². The maximum atomic E-state index is 9.43. The molecular formula is C13H28N2O. The lowest BCUT2D eigenvalue weighted by Crippen LogP contribution is -2.45. The molecule has 3 nitrogen and oxygen atoms in total. The first-order valence-corrected chi connectivity index (χ1v) is 6.61. The highest BCUT2D eigenvalue weighted by atomic mass is 16.3. The summed E-state index contributed by atoms with van der Waals surface area (Å²) in [6, 6.07) is 0.350. The van der Waals surface area contributed by atoms with E-state index in [1.54, 1.807) is 0 Å². The number of nitrogens with zero attached hydrogens (tertiary/aromatic N) is 1. The fourth-order valence-electron chi connectivity index (χ4n) is 2.92. The Bertz CT molecular complexity index is 210. The van der Waals surface area contributed by atoms with Crippen molar-refractivity contribution in [3.63, 3.8) is 0 Å². The van der Waals surface area contributed by atoms with Crippen LogP contribution in [0.1, 0.15) is 40.0 Å². The number of aliphatic hydroxyl groups excluding tert-OH is 1. The highest BCUT2D eigenvalue weighted by Crippen LogP contribution is 2.30. The molecule has 1 aliphatic heterocycles. The zero-order valence-corrected chi connectivity index (χ0v) is 11.1. The summed E-state index contributed by atoms with van der Waals surface area (Å²) in [6.07, 6.45) is 3.56. The largest absolute Gasteiger partial charge is 0.395 e. The van der Waals surface area contributed by atoms with Crippen LogP contribution in [0.4, 0.5) is 0 Å². The lowest BCUT2D eigenvalue weighted by Gasteiger charge is -2.35. The molecule has 0 saturated carbocycles. The van der Waals surface area contributed by atoms with Gasteiger partial charge in [0.15, 0.2) is 0 Å². The minimum Gasteiger partial charge on any atom is -0.395 e. The predicted molar refractivity (Wildman–Crippen MR) is 68.3 cm³/mol. The van der Waals surface area contributed by atoms with Gasteiger partial charge in [-0.15, -0.1) is 0 Å². The van der Waals surface area contributed by atoms with E-state index in [0.29, 0.717) is 12.0 Å². The number of nitrogens with two attached hydrogens (primary N) is 1. The van der Waals surface area contributed by atoms with E-state index in [1.165, 1.54) is 19.3 Å².